The molecule has 1 atom stereocenters. The molecule has 3 N–H and O–H groups in total. The molecule has 0 aromatic heterocycles. The van der Waals surface area contributed by atoms with Crippen LogP contribution in [0.2, 0.25) is 0 Å². The molecule has 0 saturated carbocycles. The highest BCUT2D eigenvalue weighted by atomic mass is 16.1. The molecular weight excluding hydrogens is 116 g/mol. The third-order valence-electron chi connectivity index (χ3n) is 1.20. The van der Waals surface area contributed by atoms with E-state index in [-0.39, 0.29) is 11.8 Å². The van der Waals surface area contributed by atoms with Crippen LogP contribution in [0.4, 0.5) is 0 Å². The van der Waals surface area contributed by atoms with Gasteiger partial charge in [-0.15, -0.1) is 0 Å². The van der Waals surface area contributed by atoms with Crippen molar-refractivity contribution in [3.05, 3.63) is 12.3 Å². The minimum Gasteiger partial charge on any atom is -0.402 e. The second-order valence-corrected chi connectivity index (χ2v) is 1.91. The van der Waals surface area contributed by atoms with Crippen LogP contribution in [0.1, 0.15) is 6.92 Å². The van der Waals surface area contributed by atoms with E-state index in [2.05, 4.69) is 11.9 Å². The van der Waals surface area contributed by atoms with Crippen LogP contribution in [0.5, 0.6) is 0 Å². The molecule has 52 valence electrons. The molecule has 0 aromatic rings. The third-order valence-corrected chi connectivity index (χ3v) is 1.20. The number of rotatable bonds is 2. The summed E-state index contributed by atoms with van der Waals surface area (Å²) in [7, 11) is 1.57. The van der Waals surface area contributed by atoms with Gasteiger partial charge in [0.05, 0.1) is 5.92 Å². The molecule has 9 heavy (non-hydrogen) atoms. The SMILES string of the molecule is C=C(N)C(C)C(=O)NC. The molecular formula is C6H12N2O. The molecule has 0 saturated heterocycles. The molecule has 0 aliphatic heterocycles. The average Bonchev–Trinajstić information content (AvgIpc) is 1.84. The molecule has 1 amide bonds. The summed E-state index contributed by atoms with van der Waals surface area (Å²) in [4.78, 5) is 10.7. The van der Waals surface area contributed by atoms with Gasteiger partial charge in [0.2, 0.25) is 5.91 Å². The summed E-state index contributed by atoms with van der Waals surface area (Å²) in [5.74, 6) is -0.377. The zero-order chi connectivity index (χ0) is 7.44. The van der Waals surface area contributed by atoms with Gasteiger partial charge in [-0.05, 0) is 6.92 Å². The maximum absolute atomic E-state index is 10.7. The molecule has 1 unspecified atom stereocenters. The number of hydrogen-bond acceptors (Lipinski definition) is 2. The van der Waals surface area contributed by atoms with E-state index in [9.17, 15) is 4.79 Å². The summed E-state index contributed by atoms with van der Waals surface area (Å²) in [5, 5.41) is 2.47. The number of carbonyl (C=O) groups is 1. The Morgan fingerprint density at radius 3 is 2.33 bits per heavy atom. The molecule has 0 heterocycles. The Morgan fingerprint density at radius 2 is 2.22 bits per heavy atom. The van der Waals surface area contributed by atoms with Gasteiger partial charge in [-0.1, -0.05) is 6.58 Å². The highest BCUT2D eigenvalue weighted by Gasteiger charge is 2.10. The molecule has 3 nitrogen and oxygen atoms in total. The van der Waals surface area contributed by atoms with Crippen LogP contribution in [0.25, 0.3) is 0 Å². The van der Waals surface area contributed by atoms with Crippen LogP contribution in [-0.2, 0) is 4.79 Å². The van der Waals surface area contributed by atoms with Gasteiger partial charge in [-0.3, -0.25) is 4.79 Å². The first kappa shape index (κ1) is 8.01. The standard InChI is InChI=1S/C6H12N2O/c1-4(5(2)7)6(9)8-3/h4H,2,7H2,1,3H3,(H,8,9). The van der Waals surface area contributed by atoms with E-state index < -0.39 is 0 Å². The minimum atomic E-state index is -0.282. The van der Waals surface area contributed by atoms with E-state index in [4.69, 9.17) is 5.73 Å². The molecule has 0 bridgehead atoms. The summed E-state index contributed by atoms with van der Waals surface area (Å²) in [6.45, 7) is 5.15. The summed E-state index contributed by atoms with van der Waals surface area (Å²) >= 11 is 0. The van der Waals surface area contributed by atoms with Crippen molar-refractivity contribution < 1.29 is 4.79 Å². The van der Waals surface area contributed by atoms with E-state index in [1.807, 2.05) is 0 Å². The Labute approximate surface area is 54.9 Å². The molecule has 0 radical (unpaired) electrons. The van der Waals surface area contributed by atoms with Gasteiger partial charge >= 0.3 is 0 Å². The summed E-state index contributed by atoms with van der Waals surface area (Å²) in [6, 6.07) is 0. The van der Waals surface area contributed by atoms with Gasteiger partial charge in [-0.25, -0.2) is 0 Å². The lowest BCUT2D eigenvalue weighted by atomic mass is 10.1. The van der Waals surface area contributed by atoms with Gasteiger partial charge in [0.15, 0.2) is 0 Å². The molecule has 0 aliphatic carbocycles. The van der Waals surface area contributed by atoms with Gasteiger partial charge in [-0.2, -0.15) is 0 Å². The number of nitrogens with one attached hydrogen (secondary N) is 1. The smallest absolute Gasteiger partial charge is 0.228 e. The fourth-order valence-electron chi connectivity index (χ4n) is 0.385. The maximum atomic E-state index is 10.7. The van der Waals surface area contributed by atoms with Gasteiger partial charge in [0.25, 0.3) is 0 Å². The van der Waals surface area contributed by atoms with E-state index >= 15 is 0 Å². The lowest BCUT2D eigenvalue weighted by Gasteiger charge is -2.07. The van der Waals surface area contributed by atoms with Crippen molar-refractivity contribution in [3.63, 3.8) is 0 Å². The van der Waals surface area contributed by atoms with Gasteiger partial charge in [0, 0.05) is 12.7 Å². The lowest BCUT2D eigenvalue weighted by Crippen LogP contribution is -2.28. The normalized spacial score (nSPS) is 12.2. The van der Waals surface area contributed by atoms with Crippen molar-refractivity contribution in [1.82, 2.24) is 5.32 Å². The number of nitrogens with two attached hydrogens (primary N) is 1. The van der Waals surface area contributed by atoms with Gasteiger partial charge < -0.3 is 11.1 Å². The van der Waals surface area contributed by atoms with Crippen LogP contribution in [0, 0.1) is 5.92 Å². The Bertz CT molecular complexity index is 131. The van der Waals surface area contributed by atoms with E-state index in [0.717, 1.165) is 0 Å². The number of amides is 1. The maximum Gasteiger partial charge on any atom is 0.228 e. The molecule has 3 heteroatoms. The Hall–Kier alpha value is -0.990. The molecule has 0 fully saturated rings. The second-order valence-electron chi connectivity index (χ2n) is 1.91. The Balaban J connectivity index is 3.88. The minimum absolute atomic E-state index is 0.0949. The van der Waals surface area contributed by atoms with Crippen molar-refractivity contribution in [2.45, 2.75) is 6.92 Å². The predicted octanol–water partition coefficient (Wildman–Crippen LogP) is -0.159. The summed E-state index contributed by atoms with van der Waals surface area (Å²) in [6.07, 6.45) is 0. The fraction of sp³-hybridized carbons (Fsp3) is 0.500. The monoisotopic (exact) mass is 128 g/mol. The Morgan fingerprint density at radius 1 is 1.78 bits per heavy atom. The molecule has 0 aromatic carbocycles. The highest BCUT2D eigenvalue weighted by Crippen LogP contribution is 1.99. The lowest BCUT2D eigenvalue weighted by molar-refractivity contribution is -0.122. The first-order valence-corrected chi connectivity index (χ1v) is 2.75. The largest absolute Gasteiger partial charge is 0.402 e. The zero-order valence-corrected chi connectivity index (χ0v) is 5.77. The summed E-state index contributed by atoms with van der Waals surface area (Å²) < 4.78 is 0. The van der Waals surface area contributed by atoms with Crippen LogP contribution in [-0.4, -0.2) is 13.0 Å². The predicted molar refractivity (Wildman–Crippen MR) is 36.6 cm³/mol. The van der Waals surface area contributed by atoms with Crippen molar-refractivity contribution in [2.75, 3.05) is 7.05 Å². The van der Waals surface area contributed by atoms with Crippen molar-refractivity contribution >= 4 is 5.91 Å². The average molecular weight is 128 g/mol. The van der Waals surface area contributed by atoms with E-state index in [1.54, 1.807) is 14.0 Å². The van der Waals surface area contributed by atoms with Gasteiger partial charge in [0.1, 0.15) is 0 Å². The number of carbonyl (C=O) groups excluding carboxylic acids is 1. The zero-order valence-electron chi connectivity index (χ0n) is 5.77. The van der Waals surface area contributed by atoms with E-state index in [0.29, 0.717) is 5.70 Å². The highest BCUT2D eigenvalue weighted by molar-refractivity contribution is 5.80. The molecule has 0 spiro atoms. The Kier molecular flexibility index (Phi) is 2.78. The topological polar surface area (TPSA) is 55.1 Å². The quantitative estimate of drug-likeness (QED) is 0.543. The fourth-order valence-corrected chi connectivity index (χ4v) is 0.385. The second kappa shape index (κ2) is 3.12. The molecule has 0 aliphatic rings. The summed E-state index contributed by atoms with van der Waals surface area (Å²) in [5.41, 5.74) is 5.65. The van der Waals surface area contributed by atoms with Crippen molar-refractivity contribution in [1.29, 1.82) is 0 Å². The van der Waals surface area contributed by atoms with Crippen LogP contribution >= 0.6 is 0 Å². The molecule has 0 rings (SSSR count). The third kappa shape index (κ3) is 2.17. The van der Waals surface area contributed by atoms with Crippen LogP contribution in [0.15, 0.2) is 12.3 Å². The van der Waals surface area contributed by atoms with Crippen molar-refractivity contribution in [2.24, 2.45) is 11.7 Å². The van der Waals surface area contributed by atoms with Crippen LogP contribution in [0.3, 0.4) is 0 Å². The first-order chi connectivity index (χ1) is 4.09. The van der Waals surface area contributed by atoms with Crippen LogP contribution < -0.4 is 11.1 Å². The number of hydrogen-bond donors (Lipinski definition) is 2. The first-order valence-electron chi connectivity index (χ1n) is 2.75. The van der Waals surface area contributed by atoms with E-state index in [1.165, 1.54) is 0 Å². The van der Waals surface area contributed by atoms with Crippen molar-refractivity contribution in [3.8, 4) is 0 Å².